The summed E-state index contributed by atoms with van der Waals surface area (Å²) in [6.45, 7) is 1.83. The van der Waals surface area contributed by atoms with Crippen molar-refractivity contribution in [2.75, 3.05) is 25.1 Å². The third kappa shape index (κ3) is 4.35. The monoisotopic (exact) mass is 341 g/mol. The van der Waals surface area contributed by atoms with Gasteiger partial charge >= 0.3 is 0 Å². The van der Waals surface area contributed by atoms with Gasteiger partial charge in [-0.25, -0.2) is 0 Å². The summed E-state index contributed by atoms with van der Waals surface area (Å²) in [5, 5.41) is 2.97. The van der Waals surface area contributed by atoms with Gasteiger partial charge in [0.1, 0.15) is 12.4 Å². The third-order valence-corrected chi connectivity index (χ3v) is 4.53. The number of rotatable bonds is 6. The molecule has 25 heavy (non-hydrogen) atoms. The van der Waals surface area contributed by atoms with Crippen molar-refractivity contribution >= 4 is 11.6 Å². The fourth-order valence-corrected chi connectivity index (χ4v) is 2.85. The second kappa shape index (κ2) is 8.09. The van der Waals surface area contributed by atoms with Crippen LogP contribution in [-0.4, -0.2) is 30.6 Å². The van der Waals surface area contributed by atoms with Gasteiger partial charge in [-0.15, -0.1) is 0 Å². The van der Waals surface area contributed by atoms with Gasteiger partial charge in [-0.2, -0.15) is 0 Å². The molecular weight excluding hydrogens is 318 g/mol. The van der Waals surface area contributed by atoms with Crippen molar-refractivity contribution in [3.05, 3.63) is 54.4 Å². The molecule has 2 heterocycles. The summed E-state index contributed by atoms with van der Waals surface area (Å²) >= 11 is 0. The number of hydrogen-bond donors (Lipinski definition) is 2. The van der Waals surface area contributed by atoms with E-state index in [2.05, 4.69) is 10.3 Å². The standard InChI is InChI=1S/C19H23N3O3/c20-14-19(7-10-24-11-8-19)18(23)22-15-5-3-6-17(12-15)25-13-16-4-1-2-9-21-16/h1-6,9,12H,7-8,10-11,13-14,20H2,(H,22,23). The second-order valence-corrected chi connectivity index (χ2v) is 6.19. The van der Waals surface area contributed by atoms with Crippen LogP contribution in [-0.2, 0) is 16.1 Å². The molecule has 0 saturated carbocycles. The van der Waals surface area contributed by atoms with Crippen molar-refractivity contribution in [1.29, 1.82) is 0 Å². The number of aromatic nitrogens is 1. The average molecular weight is 341 g/mol. The molecule has 3 rings (SSSR count). The fourth-order valence-electron chi connectivity index (χ4n) is 2.85. The van der Waals surface area contributed by atoms with Gasteiger partial charge in [0, 0.05) is 37.7 Å². The minimum Gasteiger partial charge on any atom is -0.487 e. The van der Waals surface area contributed by atoms with E-state index < -0.39 is 5.41 Å². The van der Waals surface area contributed by atoms with E-state index in [-0.39, 0.29) is 5.91 Å². The summed E-state index contributed by atoms with van der Waals surface area (Å²) in [7, 11) is 0. The Hall–Kier alpha value is -2.44. The molecule has 0 bridgehead atoms. The first kappa shape index (κ1) is 17.4. The van der Waals surface area contributed by atoms with E-state index in [1.54, 1.807) is 6.20 Å². The van der Waals surface area contributed by atoms with Crippen LogP contribution in [0.15, 0.2) is 48.7 Å². The maximum absolute atomic E-state index is 12.7. The lowest BCUT2D eigenvalue weighted by Gasteiger charge is -2.34. The Morgan fingerprint density at radius 2 is 2.08 bits per heavy atom. The van der Waals surface area contributed by atoms with Gasteiger partial charge in [-0.05, 0) is 37.1 Å². The normalized spacial score (nSPS) is 16.2. The van der Waals surface area contributed by atoms with E-state index in [9.17, 15) is 4.79 Å². The Balaban J connectivity index is 1.64. The highest BCUT2D eigenvalue weighted by Crippen LogP contribution is 2.31. The molecule has 3 N–H and O–H groups in total. The summed E-state index contributed by atoms with van der Waals surface area (Å²) < 4.78 is 11.1. The maximum Gasteiger partial charge on any atom is 0.232 e. The van der Waals surface area contributed by atoms with Gasteiger partial charge in [-0.3, -0.25) is 9.78 Å². The lowest BCUT2D eigenvalue weighted by atomic mass is 9.79. The summed E-state index contributed by atoms with van der Waals surface area (Å²) in [5.41, 5.74) is 6.88. The van der Waals surface area contributed by atoms with Crippen molar-refractivity contribution in [3.8, 4) is 5.75 Å². The number of benzene rings is 1. The smallest absolute Gasteiger partial charge is 0.232 e. The van der Waals surface area contributed by atoms with Gasteiger partial charge in [-0.1, -0.05) is 12.1 Å². The number of carbonyl (C=O) groups excluding carboxylic acids is 1. The van der Waals surface area contributed by atoms with Gasteiger partial charge in [0.05, 0.1) is 11.1 Å². The molecule has 1 amide bonds. The molecule has 1 fully saturated rings. The zero-order valence-corrected chi connectivity index (χ0v) is 14.1. The fraction of sp³-hybridized carbons (Fsp3) is 0.368. The number of nitrogens with two attached hydrogens (primary N) is 1. The van der Waals surface area contributed by atoms with Crippen LogP contribution in [0.2, 0.25) is 0 Å². The molecule has 0 spiro atoms. The first-order chi connectivity index (χ1) is 12.2. The summed E-state index contributed by atoms with van der Waals surface area (Å²) in [6, 6.07) is 13.0. The van der Waals surface area contributed by atoms with Gasteiger partial charge in [0.2, 0.25) is 5.91 Å². The quantitative estimate of drug-likeness (QED) is 0.842. The topological polar surface area (TPSA) is 86.5 Å². The SMILES string of the molecule is NCC1(C(=O)Nc2cccc(OCc3ccccn3)c2)CCOCC1. The highest BCUT2D eigenvalue weighted by Gasteiger charge is 2.38. The molecule has 1 aromatic carbocycles. The van der Waals surface area contributed by atoms with E-state index in [4.69, 9.17) is 15.2 Å². The first-order valence-electron chi connectivity index (χ1n) is 8.44. The Labute approximate surface area is 147 Å². The highest BCUT2D eigenvalue weighted by atomic mass is 16.5. The Kier molecular flexibility index (Phi) is 5.63. The minimum absolute atomic E-state index is 0.0554. The number of hydrogen-bond acceptors (Lipinski definition) is 5. The molecule has 1 aromatic heterocycles. The van der Waals surface area contributed by atoms with Crippen molar-refractivity contribution < 1.29 is 14.3 Å². The zero-order chi connectivity index (χ0) is 17.5. The lowest BCUT2D eigenvalue weighted by Crippen LogP contribution is -2.46. The van der Waals surface area contributed by atoms with Crippen molar-refractivity contribution in [2.24, 2.45) is 11.1 Å². The highest BCUT2D eigenvalue weighted by molar-refractivity contribution is 5.95. The average Bonchev–Trinajstić information content (AvgIpc) is 2.68. The van der Waals surface area contributed by atoms with Crippen molar-refractivity contribution in [2.45, 2.75) is 19.4 Å². The summed E-state index contributed by atoms with van der Waals surface area (Å²) in [6.07, 6.45) is 3.02. The largest absolute Gasteiger partial charge is 0.487 e. The molecule has 0 radical (unpaired) electrons. The first-order valence-corrected chi connectivity index (χ1v) is 8.44. The molecule has 0 aliphatic carbocycles. The summed E-state index contributed by atoms with van der Waals surface area (Å²) in [4.78, 5) is 16.9. The second-order valence-electron chi connectivity index (χ2n) is 6.19. The molecule has 6 nitrogen and oxygen atoms in total. The molecule has 1 saturated heterocycles. The number of nitrogens with one attached hydrogen (secondary N) is 1. The Morgan fingerprint density at radius 1 is 1.24 bits per heavy atom. The van der Waals surface area contributed by atoms with Crippen LogP contribution >= 0.6 is 0 Å². The van der Waals surface area contributed by atoms with Gasteiger partial charge < -0.3 is 20.5 Å². The summed E-state index contributed by atoms with van der Waals surface area (Å²) in [5.74, 6) is 0.623. The number of anilines is 1. The zero-order valence-electron chi connectivity index (χ0n) is 14.1. The van der Waals surface area contributed by atoms with Crippen LogP contribution in [0, 0.1) is 5.41 Å². The van der Waals surface area contributed by atoms with Crippen molar-refractivity contribution in [1.82, 2.24) is 4.98 Å². The lowest BCUT2D eigenvalue weighted by molar-refractivity contribution is -0.130. The van der Waals surface area contributed by atoms with Crippen LogP contribution in [0.5, 0.6) is 5.75 Å². The van der Waals surface area contributed by atoms with E-state index in [0.717, 1.165) is 5.69 Å². The van der Waals surface area contributed by atoms with E-state index in [1.807, 2.05) is 42.5 Å². The minimum atomic E-state index is -0.553. The third-order valence-electron chi connectivity index (χ3n) is 4.53. The molecule has 0 atom stereocenters. The molecule has 132 valence electrons. The number of amides is 1. The van der Waals surface area contributed by atoms with Gasteiger partial charge in [0.25, 0.3) is 0 Å². The number of nitrogens with zero attached hydrogens (tertiary/aromatic N) is 1. The Bertz CT molecular complexity index is 700. The number of pyridine rings is 1. The maximum atomic E-state index is 12.7. The van der Waals surface area contributed by atoms with E-state index in [1.165, 1.54) is 0 Å². The van der Waals surface area contributed by atoms with Crippen LogP contribution in [0.3, 0.4) is 0 Å². The molecular formula is C19H23N3O3. The molecule has 6 heteroatoms. The number of ether oxygens (including phenoxy) is 2. The Morgan fingerprint density at radius 3 is 2.80 bits per heavy atom. The van der Waals surface area contributed by atoms with Crippen LogP contribution in [0.25, 0.3) is 0 Å². The molecule has 1 aliphatic heterocycles. The van der Waals surface area contributed by atoms with Crippen LogP contribution in [0.1, 0.15) is 18.5 Å². The van der Waals surface area contributed by atoms with Crippen LogP contribution < -0.4 is 15.8 Å². The van der Waals surface area contributed by atoms with Crippen molar-refractivity contribution in [3.63, 3.8) is 0 Å². The molecule has 1 aliphatic rings. The molecule has 2 aromatic rings. The van der Waals surface area contributed by atoms with E-state index in [0.29, 0.717) is 50.6 Å². The van der Waals surface area contributed by atoms with Gasteiger partial charge in [0.15, 0.2) is 0 Å². The van der Waals surface area contributed by atoms with Crippen LogP contribution in [0.4, 0.5) is 5.69 Å². The van der Waals surface area contributed by atoms with E-state index >= 15 is 0 Å². The number of carbonyl (C=O) groups is 1. The molecule has 0 unspecified atom stereocenters. The predicted molar refractivity (Wildman–Crippen MR) is 95.2 cm³/mol. The predicted octanol–water partition coefficient (Wildman–Crippen LogP) is 2.35.